The summed E-state index contributed by atoms with van der Waals surface area (Å²) < 4.78 is 12.5. The van der Waals surface area contributed by atoms with Gasteiger partial charge in [0.05, 0.1) is 25.3 Å². The number of nitrogens with zero attached hydrogens (tertiary/aromatic N) is 2. The van der Waals surface area contributed by atoms with E-state index in [2.05, 4.69) is 15.6 Å². The first-order valence-corrected chi connectivity index (χ1v) is 8.20. The number of carbonyl (C=O) groups excluding carboxylic acids is 1. The lowest BCUT2D eigenvalue weighted by Crippen LogP contribution is -2.28. The van der Waals surface area contributed by atoms with Crippen molar-refractivity contribution in [3.8, 4) is 11.5 Å². The largest absolute Gasteiger partial charge is 0.493 e. The van der Waals surface area contributed by atoms with Crippen molar-refractivity contribution < 1.29 is 14.3 Å². The number of urea groups is 1. The zero-order chi connectivity index (χ0) is 18.7. The van der Waals surface area contributed by atoms with Gasteiger partial charge in [0.15, 0.2) is 11.5 Å². The van der Waals surface area contributed by atoms with Crippen LogP contribution in [0, 0.1) is 6.92 Å². The topological polar surface area (TPSA) is 77.4 Å². The molecular formula is C19H22N4O3. The van der Waals surface area contributed by atoms with Crippen LogP contribution in [0.1, 0.15) is 11.4 Å². The molecule has 1 aromatic heterocycles. The Morgan fingerprint density at radius 2 is 1.88 bits per heavy atom. The zero-order valence-corrected chi connectivity index (χ0v) is 15.3. The summed E-state index contributed by atoms with van der Waals surface area (Å²) in [5, 5.41) is 5.63. The number of carbonyl (C=O) groups is 1. The fourth-order valence-corrected chi connectivity index (χ4v) is 2.75. The van der Waals surface area contributed by atoms with Crippen molar-refractivity contribution in [2.75, 3.05) is 19.5 Å². The summed E-state index contributed by atoms with van der Waals surface area (Å²) in [6, 6.07) is 10.9. The minimum absolute atomic E-state index is 0.297. The molecule has 7 nitrogen and oxygen atoms in total. The van der Waals surface area contributed by atoms with Gasteiger partial charge in [-0.15, -0.1) is 0 Å². The number of imidazole rings is 1. The first kappa shape index (κ1) is 17.6. The Morgan fingerprint density at radius 1 is 1.12 bits per heavy atom. The molecule has 0 spiro atoms. The van der Waals surface area contributed by atoms with Gasteiger partial charge >= 0.3 is 6.03 Å². The van der Waals surface area contributed by atoms with E-state index in [1.165, 1.54) is 0 Å². The summed E-state index contributed by atoms with van der Waals surface area (Å²) >= 11 is 0. The van der Waals surface area contributed by atoms with Gasteiger partial charge in [-0.2, -0.15) is 0 Å². The molecule has 3 aromatic rings. The smallest absolute Gasteiger partial charge is 0.319 e. The van der Waals surface area contributed by atoms with Crippen LogP contribution >= 0.6 is 0 Å². The van der Waals surface area contributed by atoms with Crippen molar-refractivity contribution in [3.63, 3.8) is 0 Å². The summed E-state index contributed by atoms with van der Waals surface area (Å²) in [5.74, 6) is 2.12. The minimum Gasteiger partial charge on any atom is -0.493 e. The Kier molecular flexibility index (Phi) is 4.97. The highest BCUT2D eigenvalue weighted by atomic mass is 16.5. The Labute approximate surface area is 151 Å². The first-order valence-electron chi connectivity index (χ1n) is 8.20. The molecule has 0 radical (unpaired) electrons. The highest BCUT2D eigenvalue weighted by Crippen LogP contribution is 2.29. The summed E-state index contributed by atoms with van der Waals surface area (Å²) in [6.07, 6.45) is 0. The van der Waals surface area contributed by atoms with Crippen LogP contribution in [-0.2, 0) is 13.6 Å². The number of fused-ring (bicyclic) bond motifs is 1. The van der Waals surface area contributed by atoms with Crippen molar-refractivity contribution in [1.29, 1.82) is 0 Å². The van der Waals surface area contributed by atoms with E-state index in [0.29, 0.717) is 23.7 Å². The van der Waals surface area contributed by atoms with Crippen molar-refractivity contribution in [2.24, 2.45) is 7.05 Å². The molecule has 3 rings (SSSR count). The molecule has 0 saturated heterocycles. The van der Waals surface area contributed by atoms with E-state index in [1.54, 1.807) is 32.4 Å². The number of amides is 2. The number of hydrogen-bond donors (Lipinski definition) is 2. The van der Waals surface area contributed by atoms with Crippen LogP contribution in [0.25, 0.3) is 11.0 Å². The van der Waals surface area contributed by atoms with Gasteiger partial charge in [0.25, 0.3) is 0 Å². The monoisotopic (exact) mass is 354 g/mol. The standard InChI is InChI=1S/C19H22N4O3/c1-12-21-15-9-13(5-7-16(15)23(12)2)11-20-19(24)22-14-6-8-17(25-3)18(10-14)26-4/h5-10H,11H2,1-4H3,(H2,20,22,24). The van der Waals surface area contributed by atoms with Gasteiger partial charge in [0.1, 0.15) is 5.82 Å². The molecule has 2 aromatic carbocycles. The summed E-state index contributed by atoms with van der Waals surface area (Å²) in [5.41, 5.74) is 3.60. The number of ether oxygens (including phenoxy) is 2. The summed E-state index contributed by atoms with van der Waals surface area (Å²) in [6.45, 7) is 2.37. The van der Waals surface area contributed by atoms with E-state index < -0.39 is 0 Å². The Hall–Kier alpha value is -3.22. The van der Waals surface area contributed by atoms with E-state index >= 15 is 0 Å². The number of hydrogen-bond acceptors (Lipinski definition) is 4. The Bertz CT molecular complexity index is 949. The van der Waals surface area contributed by atoms with Crippen LogP contribution in [-0.4, -0.2) is 29.8 Å². The molecule has 0 unspecified atom stereocenters. The van der Waals surface area contributed by atoms with Gasteiger partial charge < -0.3 is 24.7 Å². The lowest BCUT2D eigenvalue weighted by Gasteiger charge is -2.11. The predicted molar refractivity (Wildman–Crippen MR) is 101 cm³/mol. The third kappa shape index (κ3) is 3.56. The first-order chi connectivity index (χ1) is 12.5. The SMILES string of the molecule is COc1ccc(NC(=O)NCc2ccc3c(c2)nc(C)n3C)cc1OC. The maximum Gasteiger partial charge on any atom is 0.319 e. The summed E-state index contributed by atoms with van der Waals surface area (Å²) in [4.78, 5) is 16.7. The molecule has 0 aliphatic carbocycles. The second kappa shape index (κ2) is 7.35. The normalized spacial score (nSPS) is 10.6. The molecule has 0 atom stereocenters. The molecule has 136 valence electrons. The zero-order valence-electron chi connectivity index (χ0n) is 15.3. The fraction of sp³-hybridized carbons (Fsp3) is 0.263. The number of methoxy groups -OCH3 is 2. The molecule has 0 bridgehead atoms. The van der Waals surface area contributed by atoms with E-state index in [-0.39, 0.29) is 6.03 Å². The van der Waals surface area contributed by atoms with Gasteiger partial charge in [-0.25, -0.2) is 9.78 Å². The highest BCUT2D eigenvalue weighted by molar-refractivity contribution is 5.89. The van der Waals surface area contributed by atoms with Crippen LogP contribution in [0.3, 0.4) is 0 Å². The molecule has 7 heteroatoms. The molecule has 0 aliphatic rings. The molecule has 0 saturated carbocycles. The lowest BCUT2D eigenvalue weighted by molar-refractivity contribution is 0.251. The average molecular weight is 354 g/mol. The van der Waals surface area contributed by atoms with E-state index in [0.717, 1.165) is 22.4 Å². The second-order valence-electron chi connectivity index (χ2n) is 5.92. The van der Waals surface area contributed by atoms with Crippen LogP contribution in [0.5, 0.6) is 11.5 Å². The highest BCUT2D eigenvalue weighted by Gasteiger charge is 2.08. The van der Waals surface area contributed by atoms with Crippen molar-refractivity contribution >= 4 is 22.8 Å². The summed E-state index contributed by atoms with van der Waals surface area (Å²) in [7, 11) is 5.11. The Balaban J connectivity index is 1.64. The lowest BCUT2D eigenvalue weighted by atomic mass is 10.2. The minimum atomic E-state index is -0.297. The maximum atomic E-state index is 12.1. The number of anilines is 1. The number of aromatic nitrogens is 2. The third-order valence-electron chi connectivity index (χ3n) is 4.26. The molecule has 2 N–H and O–H groups in total. The van der Waals surface area contributed by atoms with E-state index in [1.807, 2.05) is 36.7 Å². The van der Waals surface area contributed by atoms with Crippen LogP contribution in [0.4, 0.5) is 10.5 Å². The maximum absolute atomic E-state index is 12.1. The van der Waals surface area contributed by atoms with E-state index in [4.69, 9.17) is 9.47 Å². The predicted octanol–water partition coefficient (Wildman–Crippen LogP) is 3.22. The van der Waals surface area contributed by atoms with Gasteiger partial charge in [0, 0.05) is 25.3 Å². The molecular weight excluding hydrogens is 332 g/mol. The van der Waals surface area contributed by atoms with Gasteiger partial charge in [-0.3, -0.25) is 0 Å². The fourth-order valence-electron chi connectivity index (χ4n) is 2.75. The second-order valence-corrected chi connectivity index (χ2v) is 5.92. The third-order valence-corrected chi connectivity index (χ3v) is 4.26. The molecule has 0 fully saturated rings. The van der Waals surface area contributed by atoms with Crippen molar-refractivity contribution in [1.82, 2.24) is 14.9 Å². The molecule has 2 amide bonds. The van der Waals surface area contributed by atoms with Crippen molar-refractivity contribution in [2.45, 2.75) is 13.5 Å². The number of aryl methyl sites for hydroxylation is 2. The number of rotatable bonds is 5. The average Bonchev–Trinajstić information content (AvgIpc) is 2.93. The van der Waals surface area contributed by atoms with Crippen LogP contribution < -0.4 is 20.1 Å². The van der Waals surface area contributed by atoms with Crippen molar-refractivity contribution in [3.05, 3.63) is 47.8 Å². The molecule has 26 heavy (non-hydrogen) atoms. The van der Waals surface area contributed by atoms with Gasteiger partial charge in [0.2, 0.25) is 0 Å². The van der Waals surface area contributed by atoms with Crippen LogP contribution in [0.15, 0.2) is 36.4 Å². The van der Waals surface area contributed by atoms with Crippen LogP contribution in [0.2, 0.25) is 0 Å². The number of nitrogens with one attached hydrogen (secondary N) is 2. The van der Waals surface area contributed by atoms with E-state index in [9.17, 15) is 4.79 Å². The van der Waals surface area contributed by atoms with Gasteiger partial charge in [-0.1, -0.05) is 6.07 Å². The van der Waals surface area contributed by atoms with Gasteiger partial charge in [-0.05, 0) is 36.8 Å². The molecule has 1 heterocycles. The molecule has 0 aliphatic heterocycles. The quantitative estimate of drug-likeness (QED) is 0.737. The Morgan fingerprint density at radius 3 is 2.62 bits per heavy atom. The number of benzene rings is 2.